The Morgan fingerprint density at radius 2 is 1.85 bits per heavy atom. The van der Waals surface area contributed by atoms with E-state index in [1.165, 1.54) is 50.5 Å². The first-order valence-corrected chi connectivity index (χ1v) is 11.3. The topological polar surface area (TPSA) is 46.5 Å². The lowest BCUT2D eigenvalue weighted by Crippen LogP contribution is -2.53. The van der Waals surface area contributed by atoms with Crippen molar-refractivity contribution in [2.24, 2.45) is 34.5 Å². The first-order valence-electron chi connectivity index (χ1n) is 11.3. The Balaban J connectivity index is 1.55. The number of hydrogen-bond donors (Lipinski definition) is 1. The molecule has 4 aliphatic rings. The molecule has 0 spiro atoms. The van der Waals surface area contributed by atoms with Crippen LogP contribution in [0.2, 0.25) is 0 Å². The molecule has 0 aliphatic heterocycles. The van der Waals surface area contributed by atoms with Gasteiger partial charge in [-0.05, 0) is 105 Å². The Bertz CT molecular complexity index is 638. The second-order valence-electron chi connectivity index (χ2n) is 10.6. The van der Waals surface area contributed by atoms with Crippen LogP contribution >= 0.6 is 0 Å². The fraction of sp³-hybridized carbons (Fsp3) is 0.875. The minimum Gasteiger partial charge on any atom is -0.463 e. The van der Waals surface area contributed by atoms with E-state index in [2.05, 4.69) is 20.8 Å². The summed E-state index contributed by atoms with van der Waals surface area (Å²) >= 11 is 0. The molecule has 4 saturated carbocycles. The number of esters is 1. The van der Waals surface area contributed by atoms with Gasteiger partial charge >= 0.3 is 5.97 Å². The van der Waals surface area contributed by atoms with Crippen LogP contribution < -0.4 is 0 Å². The van der Waals surface area contributed by atoms with Gasteiger partial charge in [-0.15, -0.1) is 0 Å². The van der Waals surface area contributed by atoms with E-state index in [1.54, 1.807) is 12.5 Å². The van der Waals surface area contributed by atoms with Crippen LogP contribution in [-0.2, 0) is 9.53 Å². The van der Waals surface area contributed by atoms with E-state index in [0.717, 1.165) is 36.5 Å². The SMILES string of the molecule is CC(=O)OC1CCC2(C)C(CCC3C4CC/C(=C(/C)CO)C4(C)CCC32)C1. The molecule has 0 bridgehead atoms. The quantitative estimate of drug-likeness (QED) is 0.529. The zero-order chi connectivity index (χ0) is 19.4. The van der Waals surface area contributed by atoms with Crippen molar-refractivity contribution in [3.8, 4) is 0 Å². The molecular weight excluding hydrogens is 336 g/mol. The predicted octanol–water partition coefficient (Wildman–Crippen LogP) is 5.27. The molecule has 4 fully saturated rings. The normalized spacial score (nSPS) is 48.3. The lowest BCUT2D eigenvalue weighted by atomic mass is 9.45. The van der Waals surface area contributed by atoms with Crippen molar-refractivity contribution in [2.75, 3.05) is 6.61 Å². The zero-order valence-corrected chi connectivity index (χ0v) is 17.7. The van der Waals surface area contributed by atoms with Crippen LogP contribution in [0.4, 0.5) is 0 Å². The first-order chi connectivity index (χ1) is 12.8. The number of hydrogen-bond acceptors (Lipinski definition) is 3. The molecule has 7 unspecified atom stereocenters. The van der Waals surface area contributed by atoms with Crippen molar-refractivity contribution >= 4 is 5.97 Å². The van der Waals surface area contributed by atoms with Gasteiger partial charge in [0.2, 0.25) is 0 Å². The van der Waals surface area contributed by atoms with E-state index in [9.17, 15) is 9.90 Å². The van der Waals surface area contributed by atoms with Crippen LogP contribution in [0.15, 0.2) is 11.1 Å². The average molecular weight is 375 g/mol. The fourth-order valence-electron chi connectivity index (χ4n) is 8.17. The monoisotopic (exact) mass is 374 g/mol. The molecule has 0 aromatic heterocycles. The van der Waals surface area contributed by atoms with E-state index < -0.39 is 0 Å². The van der Waals surface area contributed by atoms with Gasteiger partial charge in [0, 0.05) is 6.92 Å². The van der Waals surface area contributed by atoms with Crippen molar-refractivity contribution in [1.82, 2.24) is 0 Å². The maximum absolute atomic E-state index is 11.4. The van der Waals surface area contributed by atoms with Gasteiger partial charge < -0.3 is 9.84 Å². The highest BCUT2D eigenvalue weighted by Crippen LogP contribution is 2.67. The van der Waals surface area contributed by atoms with E-state index in [0.29, 0.717) is 10.8 Å². The van der Waals surface area contributed by atoms with E-state index >= 15 is 0 Å². The lowest BCUT2D eigenvalue weighted by molar-refractivity contribution is -0.158. The third-order valence-corrected chi connectivity index (χ3v) is 9.49. The maximum atomic E-state index is 11.4. The Kier molecular flexibility index (Phi) is 4.98. The van der Waals surface area contributed by atoms with Crippen LogP contribution in [0.3, 0.4) is 0 Å². The molecule has 3 nitrogen and oxygen atoms in total. The highest BCUT2D eigenvalue weighted by Gasteiger charge is 2.59. The molecular formula is C24H38O3. The Morgan fingerprint density at radius 1 is 1.07 bits per heavy atom. The second kappa shape index (κ2) is 6.90. The number of fused-ring (bicyclic) bond motifs is 5. The van der Waals surface area contributed by atoms with Gasteiger partial charge in [0.15, 0.2) is 0 Å². The fourth-order valence-corrected chi connectivity index (χ4v) is 8.17. The predicted molar refractivity (Wildman–Crippen MR) is 107 cm³/mol. The summed E-state index contributed by atoms with van der Waals surface area (Å²) in [4.78, 5) is 11.4. The van der Waals surface area contributed by atoms with Crippen molar-refractivity contribution in [3.05, 3.63) is 11.1 Å². The van der Waals surface area contributed by atoms with E-state index in [-0.39, 0.29) is 18.7 Å². The zero-order valence-electron chi connectivity index (χ0n) is 17.7. The summed E-state index contributed by atoms with van der Waals surface area (Å²) in [5, 5.41) is 9.72. The van der Waals surface area contributed by atoms with Gasteiger partial charge in [0.05, 0.1) is 6.61 Å². The summed E-state index contributed by atoms with van der Waals surface area (Å²) < 4.78 is 5.59. The van der Waals surface area contributed by atoms with E-state index in [1.807, 2.05) is 0 Å². The van der Waals surface area contributed by atoms with Gasteiger partial charge in [-0.25, -0.2) is 0 Å². The minimum atomic E-state index is -0.116. The standard InChI is InChI=1S/C24H38O3/c1-15(14-25)20-7-8-21-19-6-5-17-13-18(27-16(2)26)9-11-23(17,3)22(19)10-12-24(20,21)4/h17-19,21-22,25H,5-14H2,1-4H3/b20-15+. The molecule has 27 heavy (non-hydrogen) atoms. The Labute approximate surface area is 164 Å². The summed E-state index contributed by atoms with van der Waals surface area (Å²) in [7, 11) is 0. The number of ether oxygens (including phenoxy) is 1. The molecule has 0 saturated heterocycles. The van der Waals surface area contributed by atoms with Gasteiger partial charge in [-0.2, -0.15) is 0 Å². The molecule has 7 atom stereocenters. The van der Waals surface area contributed by atoms with Crippen LogP contribution in [-0.4, -0.2) is 23.8 Å². The number of carbonyl (C=O) groups excluding carboxylic acids is 1. The molecule has 0 aromatic rings. The summed E-state index contributed by atoms with van der Waals surface area (Å²) in [5.41, 5.74) is 3.57. The van der Waals surface area contributed by atoms with Gasteiger partial charge in [0.25, 0.3) is 0 Å². The summed E-state index contributed by atoms with van der Waals surface area (Å²) in [6.07, 6.45) is 11.3. The van der Waals surface area contributed by atoms with Crippen LogP contribution in [0, 0.1) is 34.5 Å². The first kappa shape index (κ1) is 19.5. The minimum absolute atomic E-state index is 0.116. The van der Waals surface area contributed by atoms with Crippen LogP contribution in [0.5, 0.6) is 0 Å². The number of aliphatic hydroxyl groups is 1. The molecule has 0 amide bonds. The highest BCUT2D eigenvalue weighted by atomic mass is 16.5. The molecule has 3 heteroatoms. The van der Waals surface area contributed by atoms with Gasteiger partial charge in [-0.1, -0.05) is 19.4 Å². The largest absolute Gasteiger partial charge is 0.463 e. The summed E-state index contributed by atoms with van der Waals surface area (Å²) in [6.45, 7) is 8.98. The average Bonchev–Trinajstić information content (AvgIpc) is 2.98. The van der Waals surface area contributed by atoms with Gasteiger partial charge in [0.1, 0.15) is 6.10 Å². The third-order valence-electron chi connectivity index (χ3n) is 9.49. The molecule has 0 aromatic carbocycles. The number of carbonyl (C=O) groups is 1. The molecule has 4 aliphatic carbocycles. The number of allylic oxidation sites excluding steroid dienone is 1. The van der Waals surface area contributed by atoms with Crippen LogP contribution in [0.1, 0.15) is 85.5 Å². The van der Waals surface area contributed by atoms with Crippen molar-refractivity contribution < 1.29 is 14.6 Å². The highest BCUT2D eigenvalue weighted by molar-refractivity contribution is 5.66. The third kappa shape index (κ3) is 2.99. The van der Waals surface area contributed by atoms with E-state index in [4.69, 9.17) is 4.74 Å². The summed E-state index contributed by atoms with van der Waals surface area (Å²) in [6, 6.07) is 0. The lowest BCUT2D eigenvalue weighted by Gasteiger charge is -2.60. The number of rotatable bonds is 2. The van der Waals surface area contributed by atoms with Crippen molar-refractivity contribution in [3.63, 3.8) is 0 Å². The molecule has 0 radical (unpaired) electrons. The van der Waals surface area contributed by atoms with Crippen LogP contribution in [0.25, 0.3) is 0 Å². The van der Waals surface area contributed by atoms with Gasteiger partial charge in [-0.3, -0.25) is 4.79 Å². The molecule has 152 valence electrons. The Hall–Kier alpha value is -0.830. The smallest absolute Gasteiger partial charge is 0.302 e. The molecule has 4 rings (SSSR count). The summed E-state index contributed by atoms with van der Waals surface area (Å²) in [5.74, 6) is 3.09. The molecule has 1 N–H and O–H groups in total. The Morgan fingerprint density at radius 3 is 2.56 bits per heavy atom. The van der Waals surface area contributed by atoms with Crippen molar-refractivity contribution in [2.45, 2.75) is 91.6 Å². The maximum Gasteiger partial charge on any atom is 0.302 e. The number of aliphatic hydroxyl groups excluding tert-OH is 1. The second-order valence-corrected chi connectivity index (χ2v) is 10.6. The van der Waals surface area contributed by atoms with Crippen molar-refractivity contribution in [1.29, 1.82) is 0 Å². The molecule has 0 heterocycles.